The third-order valence-electron chi connectivity index (χ3n) is 5.67. The Labute approximate surface area is 205 Å². The van der Waals surface area contributed by atoms with Gasteiger partial charge in [-0.25, -0.2) is 22.2 Å². The number of pyridine rings is 2. The second-order valence-electron chi connectivity index (χ2n) is 9.37. The van der Waals surface area contributed by atoms with E-state index in [9.17, 15) is 31.5 Å². The van der Waals surface area contributed by atoms with Crippen molar-refractivity contribution in [3.63, 3.8) is 0 Å². The smallest absolute Gasteiger partial charge is 0.433 e. The molecule has 1 N–H and O–H groups in total. The number of rotatable bonds is 5. The van der Waals surface area contributed by atoms with Gasteiger partial charge in [-0.2, -0.15) is 13.2 Å². The predicted molar refractivity (Wildman–Crippen MR) is 126 cm³/mol. The van der Waals surface area contributed by atoms with Gasteiger partial charge in [-0.05, 0) is 46.9 Å². The van der Waals surface area contributed by atoms with Crippen molar-refractivity contribution in [3.8, 4) is 0 Å². The summed E-state index contributed by atoms with van der Waals surface area (Å²) in [6.45, 7) is 5.79. The van der Waals surface area contributed by atoms with E-state index in [0.717, 1.165) is 28.0 Å². The molecule has 188 valence electrons. The fourth-order valence-electron chi connectivity index (χ4n) is 3.84. The molecule has 1 aromatic carbocycles. The zero-order chi connectivity index (χ0) is 26.5. The number of aromatic carboxylic acids is 1. The Hall–Kier alpha value is -3.73. The van der Waals surface area contributed by atoms with Gasteiger partial charge in [0.05, 0.1) is 22.2 Å². The molecule has 0 aliphatic rings. The van der Waals surface area contributed by atoms with Gasteiger partial charge in [0, 0.05) is 29.9 Å². The summed E-state index contributed by atoms with van der Waals surface area (Å²) in [6, 6.07) is 9.84. The summed E-state index contributed by atoms with van der Waals surface area (Å²) < 4.78 is 68.6. The van der Waals surface area contributed by atoms with Gasteiger partial charge in [0.2, 0.25) is 0 Å². The molecule has 0 radical (unpaired) electrons. The molecular formula is C25H22F3N3O4S. The lowest BCUT2D eigenvalue weighted by atomic mass is 9.87. The van der Waals surface area contributed by atoms with E-state index in [1.807, 2.05) is 20.8 Å². The normalized spacial score (nSPS) is 12.7. The number of alkyl halides is 3. The number of fused-ring (bicyclic) bond motifs is 1. The molecule has 0 fully saturated rings. The molecule has 4 rings (SSSR count). The number of carbonyl (C=O) groups is 1. The predicted octanol–water partition coefficient (Wildman–Crippen LogP) is 5.27. The SMILES string of the molecule is CC(C)(C)c1cccc(S(=O)(=O)n2c(Cc3cncc(C(=O)O)c3)cc3cc(C(F)(F)F)ncc32)c1. The third-order valence-corrected chi connectivity index (χ3v) is 7.43. The minimum Gasteiger partial charge on any atom is -0.478 e. The fraction of sp³-hybridized carbons (Fsp3) is 0.240. The van der Waals surface area contributed by atoms with E-state index in [2.05, 4.69) is 9.97 Å². The molecule has 0 bridgehead atoms. The number of halogens is 3. The molecule has 11 heteroatoms. The van der Waals surface area contributed by atoms with Gasteiger partial charge < -0.3 is 5.11 Å². The molecule has 0 aliphatic carbocycles. The minimum atomic E-state index is -4.71. The molecule has 0 amide bonds. The van der Waals surface area contributed by atoms with Crippen molar-refractivity contribution >= 4 is 26.9 Å². The van der Waals surface area contributed by atoms with Crippen LogP contribution in [0.5, 0.6) is 0 Å². The number of carboxylic acids is 1. The van der Waals surface area contributed by atoms with Crippen LogP contribution in [-0.2, 0) is 28.0 Å². The average molecular weight is 518 g/mol. The molecule has 36 heavy (non-hydrogen) atoms. The second kappa shape index (κ2) is 8.74. The van der Waals surface area contributed by atoms with Crippen molar-refractivity contribution in [3.05, 3.63) is 89.1 Å². The van der Waals surface area contributed by atoms with Crippen LogP contribution in [-0.4, -0.2) is 33.4 Å². The second-order valence-corrected chi connectivity index (χ2v) is 11.2. The number of nitrogens with zero attached hydrogens (tertiary/aromatic N) is 3. The van der Waals surface area contributed by atoms with Crippen LogP contribution < -0.4 is 0 Å². The zero-order valence-corrected chi connectivity index (χ0v) is 20.4. The summed E-state index contributed by atoms with van der Waals surface area (Å²) in [4.78, 5) is 18.7. The monoisotopic (exact) mass is 517 g/mol. The van der Waals surface area contributed by atoms with Gasteiger partial charge in [0.15, 0.2) is 0 Å². The van der Waals surface area contributed by atoms with Crippen LogP contribution in [0, 0.1) is 0 Å². The van der Waals surface area contributed by atoms with Gasteiger partial charge in [0.1, 0.15) is 5.69 Å². The average Bonchev–Trinajstić information content (AvgIpc) is 3.16. The standard InChI is InChI=1S/C25H22F3N3O4S/c1-24(2,3)18-5-4-6-20(11-18)36(34,35)31-19(8-15-7-17(23(32)33)13-29-12-15)9-16-10-22(25(26,27)28)30-14-21(16)31/h4-7,9-14H,8H2,1-3H3,(H,32,33). The quantitative estimate of drug-likeness (QED) is 0.387. The molecule has 3 heterocycles. The van der Waals surface area contributed by atoms with Gasteiger partial charge in [-0.1, -0.05) is 32.9 Å². The molecule has 0 saturated heterocycles. The lowest BCUT2D eigenvalue weighted by Gasteiger charge is -2.20. The number of benzene rings is 1. The van der Waals surface area contributed by atoms with Crippen LogP contribution in [0.25, 0.3) is 10.9 Å². The molecule has 4 aromatic rings. The zero-order valence-electron chi connectivity index (χ0n) is 19.5. The maximum absolute atomic E-state index is 13.9. The van der Waals surface area contributed by atoms with Gasteiger partial charge in [0.25, 0.3) is 10.0 Å². The topological polar surface area (TPSA) is 102 Å². The number of aromatic nitrogens is 3. The highest BCUT2D eigenvalue weighted by molar-refractivity contribution is 7.90. The van der Waals surface area contributed by atoms with E-state index in [0.29, 0.717) is 5.56 Å². The van der Waals surface area contributed by atoms with Gasteiger partial charge >= 0.3 is 12.1 Å². The molecule has 0 saturated carbocycles. The van der Waals surface area contributed by atoms with E-state index < -0.39 is 27.9 Å². The number of carboxylic acid groups (broad SMARTS) is 1. The largest absolute Gasteiger partial charge is 0.478 e. The minimum absolute atomic E-state index is 0.0264. The van der Waals surface area contributed by atoms with Crippen molar-refractivity contribution in [2.75, 3.05) is 0 Å². The first-order chi connectivity index (χ1) is 16.7. The number of hydrogen-bond donors (Lipinski definition) is 1. The maximum atomic E-state index is 13.9. The first-order valence-corrected chi connectivity index (χ1v) is 12.2. The molecular weight excluding hydrogens is 495 g/mol. The van der Waals surface area contributed by atoms with Gasteiger partial charge in [-0.15, -0.1) is 0 Å². The van der Waals surface area contributed by atoms with Crippen LogP contribution in [0.4, 0.5) is 13.2 Å². The Morgan fingerprint density at radius 3 is 2.39 bits per heavy atom. The highest BCUT2D eigenvalue weighted by Crippen LogP contribution is 2.33. The third kappa shape index (κ3) is 4.83. The molecule has 0 aliphatic heterocycles. The highest BCUT2D eigenvalue weighted by Gasteiger charge is 2.34. The summed E-state index contributed by atoms with van der Waals surface area (Å²) in [7, 11) is -4.27. The Morgan fingerprint density at radius 1 is 1.03 bits per heavy atom. The van der Waals surface area contributed by atoms with Crippen LogP contribution in [0.2, 0.25) is 0 Å². The van der Waals surface area contributed by atoms with Crippen molar-refractivity contribution < 1.29 is 31.5 Å². The molecule has 0 unspecified atom stereocenters. The first kappa shape index (κ1) is 25.4. The number of hydrogen-bond acceptors (Lipinski definition) is 5. The Morgan fingerprint density at radius 2 is 1.75 bits per heavy atom. The molecule has 7 nitrogen and oxygen atoms in total. The Bertz CT molecular complexity index is 1590. The maximum Gasteiger partial charge on any atom is 0.433 e. The van der Waals surface area contributed by atoms with Crippen molar-refractivity contribution in [2.24, 2.45) is 0 Å². The van der Waals surface area contributed by atoms with Crippen molar-refractivity contribution in [1.82, 2.24) is 13.9 Å². The van der Waals surface area contributed by atoms with Crippen molar-refractivity contribution in [2.45, 2.75) is 43.7 Å². The van der Waals surface area contributed by atoms with E-state index in [4.69, 9.17) is 0 Å². The Balaban J connectivity index is 1.95. The summed E-state index contributed by atoms with van der Waals surface area (Å²) in [5.74, 6) is -1.21. The summed E-state index contributed by atoms with van der Waals surface area (Å²) in [6.07, 6.45) is -1.40. The van der Waals surface area contributed by atoms with Crippen LogP contribution in [0.3, 0.4) is 0 Å². The lowest BCUT2D eigenvalue weighted by Crippen LogP contribution is -2.18. The van der Waals surface area contributed by atoms with E-state index in [-0.39, 0.29) is 38.9 Å². The lowest BCUT2D eigenvalue weighted by molar-refractivity contribution is -0.141. The van der Waals surface area contributed by atoms with Gasteiger partial charge in [-0.3, -0.25) is 4.98 Å². The van der Waals surface area contributed by atoms with E-state index in [1.54, 1.807) is 12.1 Å². The summed E-state index contributed by atoms with van der Waals surface area (Å²) in [5.41, 5.74) is -0.353. The van der Waals surface area contributed by atoms with Crippen LogP contribution >= 0.6 is 0 Å². The van der Waals surface area contributed by atoms with Crippen molar-refractivity contribution in [1.29, 1.82) is 0 Å². The van der Waals surface area contributed by atoms with Crippen LogP contribution in [0.15, 0.2) is 66.0 Å². The summed E-state index contributed by atoms with van der Waals surface area (Å²) in [5, 5.41) is 9.30. The molecule has 0 atom stereocenters. The first-order valence-electron chi connectivity index (χ1n) is 10.8. The molecule has 3 aromatic heterocycles. The fourth-order valence-corrected chi connectivity index (χ4v) is 5.42. The van der Waals surface area contributed by atoms with E-state index in [1.165, 1.54) is 30.5 Å². The van der Waals surface area contributed by atoms with E-state index >= 15 is 0 Å². The Kier molecular flexibility index (Phi) is 6.16. The van der Waals surface area contributed by atoms with Crippen LogP contribution in [0.1, 0.15) is 53.6 Å². The summed E-state index contributed by atoms with van der Waals surface area (Å²) >= 11 is 0. The molecule has 0 spiro atoms. The highest BCUT2D eigenvalue weighted by atomic mass is 32.2.